The monoisotopic (exact) mass is 250 g/mol. The summed E-state index contributed by atoms with van der Waals surface area (Å²) in [5, 5.41) is 15.0. The highest BCUT2D eigenvalue weighted by Gasteiger charge is 2.31. The maximum atomic E-state index is 10.3. The smallest absolute Gasteiger partial charge is 0.0784 e. The number of hydrogen-bond acceptors (Lipinski definition) is 2. The predicted octanol–water partition coefficient (Wildman–Crippen LogP) is 3.17. The molecule has 1 saturated carbocycles. The van der Waals surface area contributed by atoms with Crippen molar-refractivity contribution in [2.75, 3.05) is 0 Å². The van der Waals surface area contributed by atoms with Crippen LogP contribution in [0.25, 0.3) is 0 Å². The van der Waals surface area contributed by atoms with Crippen LogP contribution in [0.2, 0.25) is 0 Å². The van der Waals surface area contributed by atoms with Crippen molar-refractivity contribution in [3.8, 4) is 0 Å². The highest BCUT2D eigenvalue weighted by Crippen LogP contribution is 2.35. The van der Waals surface area contributed by atoms with Gasteiger partial charge in [0, 0.05) is 5.69 Å². The minimum Gasteiger partial charge on any atom is -0.391 e. The lowest BCUT2D eigenvalue weighted by molar-refractivity contribution is 0.0465. The lowest BCUT2D eigenvalue weighted by atomic mass is 9.82. The van der Waals surface area contributed by atoms with Crippen LogP contribution in [0, 0.1) is 19.8 Å². The number of aliphatic hydroxyl groups is 1. The van der Waals surface area contributed by atoms with E-state index in [0.717, 1.165) is 37.3 Å². The minimum atomic E-state index is -0.226. The van der Waals surface area contributed by atoms with Gasteiger partial charge in [0.15, 0.2) is 0 Å². The van der Waals surface area contributed by atoms with Crippen LogP contribution in [0.15, 0.2) is 0 Å². The van der Waals surface area contributed by atoms with Gasteiger partial charge >= 0.3 is 0 Å². The molecule has 0 aliphatic heterocycles. The largest absolute Gasteiger partial charge is 0.391 e. The second-order valence-corrected chi connectivity index (χ2v) is 5.67. The van der Waals surface area contributed by atoms with E-state index in [9.17, 15) is 5.11 Å². The topological polar surface area (TPSA) is 38.0 Å². The lowest BCUT2D eigenvalue weighted by Gasteiger charge is -2.33. The molecule has 102 valence electrons. The maximum Gasteiger partial charge on any atom is 0.0784 e. The Hall–Kier alpha value is -0.830. The second kappa shape index (κ2) is 5.43. The molecular weight excluding hydrogens is 224 g/mol. The van der Waals surface area contributed by atoms with Crippen molar-refractivity contribution in [3.05, 3.63) is 17.0 Å². The summed E-state index contributed by atoms with van der Waals surface area (Å²) in [5.41, 5.74) is 3.72. The average molecular weight is 250 g/mol. The van der Waals surface area contributed by atoms with Crippen LogP contribution >= 0.6 is 0 Å². The van der Waals surface area contributed by atoms with Crippen molar-refractivity contribution in [1.82, 2.24) is 9.78 Å². The molecule has 2 rings (SSSR count). The van der Waals surface area contributed by atoms with Crippen molar-refractivity contribution >= 4 is 0 Å². The molecule has 0 amide bonds. The van der Waals surface area contributed by atoms with Crippen LogP contribution in [0.3, 0.4) is 0 Å². The van der Waals surface area contributed by atoms with Crippen molar-refractivity contribution in [1.29, 1.82) is 0 Å². The van der Waals surface area contributed by atoms with Gasteiger partial charge in [0.05, 0.1) is 17.8 Å². The number of aryl methyl sites for hydroxylation is 1. The van der Waals surface area contributed by atoms with Gasteiger partial charge in [-0.05, 0) is 51.0 Å². The minimum absolute atomic E-state index is 0.183. The van der Waals surface area contributed by atoms with Gasteiger partial charge in [-0.3, -0.25) is 4.68 Å². The van der Waals surface area contributed by atoms with Crippen LogP contribution in [0.4, 0.5) is 0 Å². The molecule has 1 N–H and O–H groups in total. The lowest BCUT2D eigenvalue weighted by Crippen LogP contribution is -2.32. The molecule has 1 heterocycles. The van der Waals surface area contributed by atoms with E-state index >= 15 is 0 Å². The molecule has 0 aromatic carbocycles. The van der Waals surface area contributed by atoms with E-state index in [-0.39, 0.29) is 12.1 Å². The Labute approximate surface area is 110 Å². The Balaban J connectivity index is 2.29. The van der Waals surface area contributed by atoms with Gasteiger partial charge in [-0.25, -0.2) is 0 Å². The third-order valence-corrected chi connectivity index (χ3v) is 4.61. The van der Waals surface area contributed by atoms with Crippen molar-refractivity contribution in [2.45, 2.75) is 71.9 Å². The van der Waals surface area contributed by atoms with Gasteiger partial charge in [0.2, 0.25) is 0 Å². The zero-order chi connectivity index (χ0) is 13.3. The summed E-state index contributed by atoms with van der Waals surface area (Å²) in [7, 11) is 0. The summed E-state index contributed by atoms with van der Waals surface area (Å²) in [6.07, 6.45) is 5.16. The molecule has 1 fully saturated rings. The summed E-state index contributed by atoms with van der Waals surface area (Å²) in [4.78, 5) is 0. The number of aromatic nitrogens is 2. The van der Waals surface area contributed by atoms with Crippen LogP contribution in [0.1, 0.15) is 62.5 Å². The molecule has 0 bridgehead atoms. The van der Waals surface area contributed by atoms with E-state index in [2.05, 4.69) is 37.5 Å². The van der Waals surface area contributed by atoms with Gasteiger partial charge in [0.1, 0.15) is 0 Å². The molecular formula is C15H26N2O. The Morgan fingerprint density at radius 1 is 1.28 bits per heavy atom. The van der Waals surface area contributed by atoms with Gasteiger partial charge in [-0.2, -0.15) is 5.10 Å². The Morgan fingerprint density at radius 3 is 2.56 bits per heavy atom. The first-order valence-corrected chi connectivity index (χ1v) is 7.31. The van der Waals surface area contributed by atoms with Gasteiger partial charge < -0.3 is 5.11 Å². The summed E-state index contributed by atoms with van der Waals surface area (Å²) >= 11 is 0. The van der Waals surface area contributed by atoms with Gasteiger partial charge in [0.25, 0.3) is 0 Å². The fourth-order valence-electron chi connectivity index (χ4n) is 3.38. The van der Waals surface area contributed by atoms with Crippen LogP contribution in [0.5, 0.6) is 0 Å². The van der Waals surface area contributed by atoms with Crippen LogP contribution in [-0.2, 0) is 6.42 Å². The average Bonchev–Trinajstić information content (AvgIpc) is 2.65. The molecule has 3 heteroatoms. The van der Waals surface area contributed by atoms with E-state index in [1.165, 1.54) is 17.7 Å². The fourth-order valence-corrected chi connectivity index (χ4v) is 3.38. The summed E-state index contributed by atoms with van der Waals surface area (Å²) < 4.78 is 2.10. The van der Waals surface area contributed by atoms with Crippen molar-refractivity contribution in [3.63, 3.8) is 0 Å². The first-order valence-electron chi connectivity index (χ1n) is 7.31. The first kappa shape index (κ1) is 13.6. The molecule has 3 nitrogen and oxygen atoms in total. The zero-order valence-corrected chi connectivity index (χ0v) is 12.1. The van der Waals surface area contributed by atoms with Crippen molar-refractivity contribution < 1.29 is 5.11 Å². The molecule has 3 atom stereocenters. The molecule has 0 saturated heterocycles. The molecule has 0 radical (unpaired) electrons. The highest BCUT2D eigenvalue weighted by molar-refractivity contribution is 5.25. The number of nitrogens with zero attached hydrogens (tertiary/aromatic N) is 2. The fraction of sp³-hybridized carbons (Fsp3) is 0.800. The summed E-state index contributed by atoms with van der Waals surface area (Å²) in [5.74, 6) is 0.743. The summed E-state index contributed by atoms with van der Waals surface area (Å²) in [6, 6.07) is 0.183. The maximum absolute atomic E-state index is 10.3. The first-order chi connectivity index (χ1) is 8.58. The second-order valence-electron chi connectivity index (χ2n) is 5.67. The third kappa shape index (κ3) is 2.33. The number of hydrogen-bond donors (Lipinski definition) is 1. The number of rotatable bonds is 3. The van der Waals surface area contributed by atoms with Gasteiger partial charge in [-0.1, -0.05) is 20.3 Å². The zero-order valence-electron chi connectivity index (χ0n) is 12.1. The van der Waals surface area contributed by atoms with Gasteiger partial charge in [-0.15, -0.1) is 0 Å². The van der Waals surface area contributed by atoms with E-state index in [4.69, 9.17) is 0 Å². The number of aliphatic hydroxyl groups excluding tert-OH is 1. The van der Waals surface area contributed by atoms with Crippen LogP contribution < -0.4 is 0 Å². The van der Waals surface area contributed by atoms with Crippen LogP contribution in [-0.4, -0.2) is 21.0 Å². The Bertz CT molecular complexity index is 411. The highest BCUT2D eigenvalue weighted by atomic mass is 16.3. The molecule has 1 aromatic heterocycles. The van der Waals surface area contributed by atoms with E-state index in [0.29, 0.717) is 0 Å². The third-order valence-electron chi connectivity index (χ3n) is 4.61. The predicted molar refractivity (Wildman–Crippen MR) is 73.8 cm³/mol. The molecule has 0 spiro atoms. The SMILES string of the molecule is CCc1c(C)nn(C2CC(CC)CCC2O)c1C. The van der Waals surface area contributed by atoms with E-state index < -0.39 is 0 Å². The standard InChI is InChI=1S/C15H26N2O/c1-5-12-7-8-15(18)14(9-12)17-11(4)13(6-2)10(3)16-17/h12,14-15,18H,5-9H2,1-4H3. The molecule has 3 unspecified atom stereocenters. The quantitative estimate of drug-likeness (QED) is 0.894. The molecule has 1 aromatic rings. The normalized spacial score (nSPS) is 28.6. The van der Waals surface area contributed by atoms with E-state index in [1.807, 2.05) is 0 Å². The van der Waals surface area contributed by atoms with Crippen molar-refractivity contribution in [2.24, 2.45) is 5.92 Å². The van der Waals surface area contributed by atoms with E-state index in [1.54, 1.807) is 0 Å². The Morgan fingerprint density at radius 2 is 2.00 bits per heavy atom. The molecule has 18 heavy (non-hydrogen) atoms. The summed E-state index contributed by atoms with van der Waals surface area (Å²) in [6.45, 7) is 8.64. The molecule has 1 aliphatic carbocycles. The Kier molecular flexibility index (Phi) is 4.10. The molecule has 1 aliphatic rings.